The van der Waals surface area contributed by atoms with Crippen molar-refractivity contribution in [1.29, 1.82) is 0 Å². The fourth-order valence-corrected chi connectivity index (χ4v) is 1.49. The number of phenolic OH excluding ortho intramolecular Hbond substituents is 1. The number of benzene rings is 1. The van der Waals surface area contributed by atoms with Gasteiger partial charge in [-0.25, -0.2) is 0 Å². The van der Waals surface area contributed by atoms with Gasteiger partial charge in [-0.15, -0.1) is 0 Å². The van der Waals surface area contributed by atoms with Gasteiger partial charge in [0.05, 0.1) is 0 Å². The van der Waals surface area contributed by atoms with Gasteiger partial charge in [0.1, 0.15) is 11.4 Å². The van der Waals surface area contributed by atoms with Crippen LogP contribution in [0.4, 0.5) is 5.88 Å². The Kier molecular flexibility index (Phi) is 2.17. The summed E-state index contributed by atoms with van der Waals surface area (Å²) in [5, 5.41) is 13.3. The van der Waals surface area contributed by atoms with E-state index in [-0.39, 0.29) is 11.6 Å². The molecule has 1 heterocycles. The zero-order valence-electron chi connectivity index (χ0n) is 7.07. The summed E-state index contributed by atoms with van der Waals surface area (Å²) < 4.78 is 5.57. The Morgan fingerprint density at radius 1 is 1.36 bits per heavy atom. The summed E-state index contributed by atoms with van der Waals surface area (Å²) in [7, 11) is 0. The molecular formula is C9H7BrN2O2. The highest BCUT2D eigenvalue weighted by Crippen LogP contribution is 2.31. The second kappa shape index (κ2) is 3.34. The predicted octanol–water partition coefficient (Wildman–Crippen LogP) is 2.39. The average molecular weight is 255 g/mol. The van der Waals surface area contributed by atoms with E-state index in [0.29, 0.717) is 11.3 Å². The molecule has 0 aliphatic carbocycles. The lowest BCUT2D eigenvalue weighted by Crippen LogP contribution is -1.79. The van der Waals surface area contributed by atoms with Crippen LogP contribution in [0.3, 0.4) is 0 Å². The first kappa shape index (κ1) is 9.08. The zero-order valence-corrected chi connectivity index (χ0v) is 8.65. The number of aromatic hydroxyl groups is 1. The number of nitrogens with two attached hydrogens (primary N) is 1. The number of nitrogens with zero attached hydrogens (tertiary/aromatic N) is 1. The van der Waals surface area contributed by atoms with Gasteiger partial charge >= 0.3 is 0 Å². The van der Waals surface area contributed by atoms with Crippen LogP contribution in [-0.2, 0) is 0 Å². The Morgan fingerprint density at radius 3 is 2.79 bits per heavy atom. The third-order valence-electron chi connectivity index (χ3n) is 1.76. The van der Waals surface area contributed by atoms with Crippen molar-refractivity contribution in [2.24, 2.45) is 0 Å². The van der Waals surface area contributed by atoms with E-state index in [1.54, 1.807) is 24.3 Å². The summed E-state index contributed by atoms with van der Waals surface area (Å²) >= 11 is 3.30. The summed E-state index contributed by atoms with van der Waals surface area (Å²) in [5.74, 6) is 0.362. The molecule has 5 heteroatoms. The molecular weight excluding hydrogens is 248 g/mol. The van der Waals surface area contributed by atoms with Crippen molar-refractivity contribution in [2.75, 3.05) is 5.73 Å². The lowest BCUT2D eigenvalue weighted by atomic mass is 10.1. The van der Waals surface area contributed by atoms with Crippen LogP contribution in [0.2, 0.25) is 0 Å². The molecule has 2 rings (SSSR count). The maximum absolute atomic E-state index is 9.55. The molecule has 4 nitrogen and oxygen atoms in total. The Hall–Kier alpha value is -1.49. The van der Waals surface area contributed by atoms with E-state index in [4.69, 9.17) is 10.3 Å². The normalized spacial score (nSPS) is 10.4. The first-order chi connectivity index (χ1) is 6.66. The predicted molar refractivity (Wildman–Crippen MR) is 55.7 cm³/mol. The fourth-order valence-electron chi connectivity index (χ4n) is 1.13. The van der Waals surface area contributed by atoms with Crippen molar-refractivity contribution in [2.45, 2.75) is 0 Å². The van der Waals surface area contributed by atoms with E-state index in [0.717, 1.165) is 4.47 Å². The van der Waals surface area contributed by atoms with Crippen LogP contribution in [0, 0.1) is 0 Å². The van der Waals surface area contributed by atoms with Crippen molar-refractivity contribution < 1.29 is 9.63 Å². The Labute approximate surface area is 88.5 Å². The summed E-state index contributed by atoms with van der Waals surface area (Å²) in [6.45, 7) is 0. The van der Waals surface area contributed by atoms with Crippen molar-refractivity contribution in [3.05, 3.63) is 28.7 Å². The van der Waals surface area contributed by atoms with E-state index in [1.165, 1.54) is 0 Å². The lowest BCUT2D eigenvalue weighted by Gasteiger charge is -1.99. The first-order valence-corrected chi connectivity index (χ1v) is 4.67. The highest BCUT2D eigenvalue weighted by Gasteiger charge is 2.09. The number of halogens is 1. The van der Waals surface area contributed by atoms with Crippen molar-refractivity contribution in [3.8, 4) is 17.0 Å². The van der Waals surface area contributed by atoms with Gasteiger partial charge in [0.2, 0.25) is 5.88 Å². The van der Waals surface area contributed by atoms with Gasteiger partial charge in [-0.2, -0.15) is 0 Å². The first-order valence-electron chi connectivity index (χ1n) is 3.88. The number of nitrogen functional groups attached to an aromatic ring is 1. The molecule has 0 amide bonds. The molecule has 0 bridgehead atoms. The van der Waals surface area contributed by atoms with Gasteiger partial charge in [-0.05, 0) is 18.2 Å². The Balaban J connectivity index is 2.55. The third kappa shape index (κ3) is 1.58. The van der Waals surface area contributed by atoms with Crippen LogP contribution in [0.25, 0.3) is 11.3 Å². The van der Waals surface area contributed by atoms with Gasteiger partial charge in [-0.1, -0.05) is 21.1 Å². The average Bonchev–Trinajstić information content (AvgIpc) is 2.56. The van der Waals surface area contributed by atoms with Crippen LogP contribution in [0.5, 0.6) is 5.75 Å². The van der Waals surface area contributed by atoms with Crippen LogP contribution in [0.15, 0.2) is 33.3 Å². The molecule has 0 fully saturated rings. The van der Waals surface area contributed by atoms with Crippen molar-refractivity contribution in [1.82, 2.24) is 5.16 Å². The fraction of sp³-hybridized carbons (Fsp3) is 0. The Morgan fingerprint density at radius 2 is 2.14 bits per heavy atom. The third-order valence-corrected chi connectivity index (χ3v) is 2.26. The molecule has 0 spiro atoms. The maximum Gasteiger partial charge on any atom is 0.222 e. The van der Waals surface area contributed by atoms with Crippen LogP contribution in [-0.4, -0.2) is 10.3 Å². The summed E-state index contributed by atoms with van der Waals surface area (Å²) in [6, 6.07) is 6.61. The quantitative estimate of drug-likeness (QED) is 0.820. The monoisotopic (exact) mass is 254 g/mol. The van der Waals surface area contributed by atoms with Crippen LogP contribution >= 0.6 is 15.9 Å². The van der Waals surface area contributed by atoms with Crippen LogP contribution in [0.1, 0.15) is 0 Å². The Bertz CT molecular complexity index is 468. The SMILES string of the molecule is Nc1cc(-c2cc(Br)ccc2O)no1. The topological polar surface area (TPSA) is 72.3 Å². The molecule has 1 aromatic heterocycles. The molecule has 1 aromatic carbocycles. The molecule has 0 saturated heterocycles. The standard InChI is InChI=1S/C9H7BrN2O2/c10-5-1-2-8(13)6(3-5)7-4-9(11)14-12-7/h1-4,13H,11H2. The second-order valence-electron chi connectivity index (χ2n) is 2.78. The van der Waals surface area contributed by atoms with E-state index < -0.39 is 0 Å². The summed E-state index contributed by atoms with van der Waals surface area (Å²) in [5.41, 5.74) is 6.48. The maximum atomic E-state index is 9.55. The highest BCUT2D eigenvalue weighted by atomic mass is 79.9. The minimum atomic E-state index is 0.140. The number of hydrogen-bond donors (Lipinski definition) is 2. The molecule has 14 heavy (non-hydrogen) atoms. The van der Waals surface area contributed by atoms with E-state index in [9.17, 15) is 5.11 Å². The largest absolute Gasteiger partial charge is 0.507 e. The van der Waals surface area contributed by atoms with Crippen molar-refractivity contribution in [3.63, 3.8) is 0 Å². The molecule has 72 valence electrons. The minimum absolute atomic E-state index is 0.140. The van der Waals surface area contributed by atoms with Gasteiger partial charge in [0.25, 0.3) is 0 Å². The molecule has 0 saturated carbocycles. The van der Waals surface area contributed by atoms with E-state index in [1.807, 2.05) is 0 Å². The van der Waals surface area contributed by atoms with Gasteiger partial charge < -0.3 is 15.4 Å². The van der Waals surface area contributed by atoms with E-state index >= 15 is 0 Å². The smallest absolute Gasteiger partial charge is 0.222 e. The summed E-state index contributed by atoms with van der Waals surface area (Å²) in [6.07, 6.45) is 0. The van der Waals surface area contributed by atoms with Gasteiger partial charge in [0, 0.05) is 16.1 Å². The van der Waals surface area contributed by atoms with Crippen molar-refractivity contribution >= 4 is 21.8 Å². The van der Waals surface area contributed by atoms with E-state index in [2.05, 4.69) is 21.1 Å². The number of rotatable bonds is 1. The molecule has 3 N–H and O–H groups in total. The number of aromatic nitrogens is 1. The number of anilines is 1. The number of hydrogen-bond acceptors (Lipinski definition) is 4. The molecule has 0 atom stereocenters. The molecule has 0 aliphatic heterocycles. The van der Waals surface area contributed by atoms with Gasteiger partial charge in [-0.3, -0.25) is 0 Å². The molecule has 0 radical (unpaired) electrons. The molecule has 0 unspecified atom stereocenters. The van der Waals surface area contributed by atoms with Gasteiger partial charge in [0.15, 0.2) is 0 Å². The molecule has 0 aliphatic rings. The lowest BCUT2D eigenvalue weighted by molar-refractivity contribution is 0.437. The molecule has 2 aromatic rings. The van der Waals surface area contributed by atoms with Crippen LogP contribution < -0.4 is 5.73 Å². The second-order valence-corrected chi connectivity index (χ2v) is 3.69. The minimum Gasteiger partial charge on any atom is -0.507 e. The zero-order chi connectivity index (χ0) is 10.1. The summed E-state index contributed by atoms with van der Waals surface area (Å²) in [4.78, 5) is 0. The number of phenols is 1. The highest BCUT2D eigenvalue weighted by molar-refractivity contribution is 9.10.